The smallest absolute Gasteiger partial charge is 0.337 e. The second-order valence-electron chi connectivity index (χ2n) is 7.00. The Balaban J connectivity index is 2.11. The van der Waals surface area contributed by atoms with Crippen LogP contribution in [0, 0.1) is 0 Å². The first-order valence-corrected chi connectivity index (χ1v) is 11.8. The second-order valence-corrected chi connectivity index (χ2v) is 10.5. The van der Waals surface area contributed by atoms with E-state index >= 15 is 0 Å². The summed E-state index contributed by atoms with van der Waals surface area (Å²) in [7, 11) is -2.20. The normalized spacial score (nSPS) is 12.3. The van der Waals surface area contributed by atoms with Gasteiger partial charge in [0.15, 0.2) is 14.6 Å². The summed E-state index contributed by atoms with van der Waals surface area (Å²) in [6.07, 6.45) is 1.68. The second kappa shape index (κ2) is 8.99. The van der Waals surface area contributed by atoms with Crippen molar-refractivity contribution in [3.63, 3.8) is 0 Å². The van der Waals surface area contributed by atoms with Gasteiger partial charge in [-0.05, 0) is 50.2 Å². The summed E-state index contributed by atoms with van der Waals surface area (Å²) in [5, 5.41) is -0.601. The minimum absolute atomic E-state index is 0.0848. The molecular weight excluding hydrogens is 436 g/mol. The molecule has 0 aliphatic carbocycles. The number of benzene rings is 2. The summed E-state index contributed by atoms with van der Waals surface area (Å²) in [5.74, 6) is -1.01. The van der Waals surface area contributed by atoms with Gasteiger partial charge in [0.05, 0.1) is 33.0 Å². The van der Waals surface area contributed by atoms with Crippen molar-refractivity contribution in [1.82, 2.24) is 4.57 Å². The zero-order valence-corrected chi connectivity index (χ0v) is 19.0. The van der Waals surface area contributed by atoms with E-state index in [9.17, 15) is 18.0 Å². The highest BCUT2D eigenvalue weighted by atomic mass is 32.2. The molecule has 9 heteroatoms. The molecule has 0 radical (unpaired) electrons. The SMILES string of the molecule is C=CCn1c(=NC(=O)c2cccc(S(=O)(=O)C(C)C)c2)sc2cc(C(=O)OC)ccc21. The Morgan fingerprint density at radius 1 is 1.19 bits per heavy atom. The number of hydrogen-bond donors (Lipinski definition) is 0. The molecule has 0 N–H and O–H groups in total. The standard InChI is InChI=1S/C22H22N2O5S2/c1-5-11-24-18-10-9-16(21(26)29-4)13-19(18)30-22(24)23-20(25)15-7-6-8-17(12-15)31(27,28)14(2)3/h5-10,12-14H,1,11H2,2-4H3. The fraction of sp³-hybridized carbons (Fsp3) is 0.227. The van der Waals surface area contributed by atoms with Crippen LogP contribution in [0.4, 0.5) is 0 Å². The molecule has 0 saturated heterocycles. The van der Waals surface area contributed by atoms with Gasteiger partial charge in [0, 0.05) is 12.1 Å². The molecule has 1 aromatic heterocycles. The molecule has 0 atom stereocenters. The quantitative estimate of drug-likeness (QED) is 0.416. The van der Waals surface area contributed by atoms with E-state index in [0.717, 1.165) is 10.2 Å². The zero-order valence-electron chi connectivity index (χ0n) is 17.4. The number of methoxy groups -OCH3 is 1. The van der Waals surface area contributed by atoms with E-state index in [4.69, 9.17) is 4.74 Å². The molecule has 0 fully saturated rings. The van der Waals surface area contributed by atoms with Crippen molar-refractivity contribution >= 4 is 43.3 Å². The molecule has 0 spiro atoms. The molecule has 1 amide bonds. The number of aromatic nitrogens is 1. The Labute approximate surface area is 184 Å². The lowest BCUT2D eigenvalue weighted by atomic mass is 10.2. The Morgan fingerprint density at radius 2 is 1.94 bits per heavy atom. The lowest BCUT2D eigenvalue weighted by Crippen LogP contribution is -2.17. The molecule has 0 bridgehead atoms. The van der Waals surface area contributed by atoms with Crippen LogP contribution in [0.1, 0.15) is 34.6 Å². The van der Waals surface area contributed by atoms with Crippen LogP contribution >= 0.6 is 11.3 Å². The van der Waals surface area contributed by atoms with E-state index in [1.165, 1.54) is 42.7 Å². The molecule has 2 aromatic carbocycles. The maximum absolute atomic E-state index is 12.8. The molecule has 3 rings (SSSR count). The molecule has 0 saturated carbocycles. The largest absolute Gasteiger partial charge is 0.465 e. The first-order valence-electron chi connectivity index (χ1n) is 9.44. The first-order chi connectivity index (χ1) is 14.7. The van der Waals surface area contributed by atoms with Gasteiger partial charge < -0.3 is 9.30 Å². The van der Waals surface area contributed by atoms with Crippen molar-refractivity contribution in [1.29, 1.82) is 0 Å². The summed E-state index contributed by atoms with van der Waals surface area (Å²) < 4.78 is 32.2. The van der Waals surface area contributed by atoms with Crippen LogP contribution in [0.3, 0.4) is 0 Å². The summed E-state index contributed by atoms with van der Waals surface area (Å²) >= 11 is 1.25. The van der Waals surface area contributed by atoms with Crippen molar-refractivity contribution in [2.45, 2.75) is 30.5 Å². The summed E-state index contributed by atoms with van der Waals surface area (Å²) in [4.78, 5) is 29.4. The van der Waals surface area contributed by atoms with E-state index in [1.54, 1.807) is 42.7 Å². The van der Waals surface area contributed by atoms with Crippen molar-refractivity contribution in [2.24, 2.45) is 4.99 Å². The number of carbonyl (C=O) groups is 2. The van der Waals surface area contributed by atoms with Crippen LogP contribution in [0.15, 0.2) is 65.0 Å². The number of nitrogens with zero attached hydrogens (tertiary/aromatic N) is 2. The van der Waals surface area contributed by atoms with Gasteiger partial charge in [-0.15, -0.1) is 6.58 Å². The van der Waals surface area contributed by atoms with E-state index in [0.29, 0.717) is 16.9 Å². The van der Waals surface area contributed by atoms with Gasteiger partial charge in [0.1, 0.15) is 0 Å². The van der Waals surface area contributed by atoms with Crippen molar-refractivity contribution in [2.75, 3.05) is 7.11 Å². The molecule has 0 unspecified atom stereocenters. The lowest BCUT2D eigenvalue weighted by Gasteiger charge is -2.08. The molecule has 3 aromatic rings. The van der Waals surface area contributed by atoms with Gasteiger partial charge in [0.25, 0.3) is 5.91 Å². The van der Waals surface area contributed by atoms with E-state index < -0.39 is 27.0 Å². The topological polar surface area (TPSA) is 94.8 Å². The van der Waals surface area contributed by atoms with Crippen molar-refractivity contribution in [3.8, 4) is 0 Å². The van der Waals surface area contributed by atoms with Gasteiger partial charge >= 0.3 is 5.97 Å². The molecule has 31 heavy (non-hydrogen) atoms. The van der Waals surface area contributed by atoms with Crippen LogP contribution < -0.4 is 4.80 Å². The number of rotatable bonds is 6. The Bertz CT molecular complexity index is 1350. The van der Waals surface area contributed by atoms with Gasteiger partial charge in [-0.3, -0.25) is 4.79 Å². The average Bonchev–Trinajstić information content (AvgIpc) is 3.09. The highest BCUT2D eigenvalue weighted by Crippen LogP contribution is 2.21. The van der Waals surface area contributed by atoms with Crippen molar-refractivity contribution < 1.29 is 22.7 Å². The monoisotopic (exact) mass is 458 g/mol. The lowest BCUT2D eigenvalue weighted by molar-refractivity contribution is 0.0600. The number of thiazole rings is 1. The third kappa shape index (κ3) is 4.52. The van der Waals surface area contributed by atoms with E-state index in [-0.39, 0.29) is 10.5 Å². The summed E-state index contributed by atoms with van der Waals surface area (Å²) in [6, 6.07) is 11.0. The summed E-state index contributed by atoms with van der Waals surface area (Å²) in [5.41, 5.74) is 1.37. The predicted octanol–water partition coefficient (Wildman–Crippen LogP) is 3.60. The average molecular weight is 459 g/mol. The fourth-order valence-electron chi connectivity index (χ4n) is 2.94. The molecule has 1 heterocycles. The highest BCUT2D eigenvalue weighted by Gasteiger charge is 2.20. The van der Waals surface area contributed by atoms with Gasteiger partial charge in [-0.2, -0.15) is 4.99 Å². The van der Waals surface area contributed by atoms with Gasteiger partial charge in [-0.25, -0.2) is 13.2 Å². The van der Waals surface area contributed by atoms with Crippen molar-refractivity contribution in [3.05, 3.63) is 71.0 Å². The first kappa shape index (κ1) is 22.6. The number of sulfone groups is 1. The number of esters is 1. The number of ether oxygens (including phenoxy) is 1. The maximum Gasteiger partial charge on any atom is 0.337 e. The zero-order chi connectivity index (χ0) is 22.8. The van der Waals surface area contributed by atoms with E-state index in [2.05, 4.69) is 11.6 Å². The molecule has 0 aliphatic heterocycles. The maximum atomic E-state index is 12.8. The third-order valence-corrected chi connectivity index (χ3v) is 7.84. The van der Waals surface area contributed by atoms with Crippen LogP contribution in [-0.4, -0.2) is 37.2 Å². The molecule has 162 valence electrons. The number of fused-ring (bicyclic) bond motifs is 1. The highest BCUT2D eigenvalue weighted by molar-refractivity contribution is 7.92. The van der Waals surface area contributed by atoms with Crippen LogP contribution in [0.5, 0.6) is 0 Å². The molecule has 0 aliphatic rings. The number of amides is 1. The Morgan fingerprint density at radius 3 is 2.58 bits per heavy atom. The van der Waals surface area contributed by atoms with Crippen LogP contribution in [0.2, 0.25) is 0 Å². The van der Waals surface area contributed by atoms with E-state index in [1.807, 2.05) is 0 Å². The minimum Gasteiger partial charge on any atom is -0.465 e. The number of carbonyl (C=O) groups excluding carboxylic acids is 2. The van der Waals surface area contributed by atoms with Crippen LogP contribution in [-0.2, 0) is 21.1 Å². The number of allylic oxidation sites excluding steroid dienone is 1. The molecule has 7 nitrogen and oxygen atoms in total. The fourth-order valence-corrected chi connectivity index (χ4v) is 5.12. The Kier molecular flexibility index (Phi) is 6.56. The molecular formula is C22H22N2O5S2. The third-order valence-electron chi connectivity index (χ3n) is 4.64. The van der Waals surface area contributed by atoms with Crippen LogP contribution in [0.25, 0.3) is 10.2 Å². The predicted molar refractivity (Wildman–Crippen MR) is 120 cm³/mol. The van der Waals surface area contributed by atoms with Gasteiger partial charge in [-0.1, -0.05) is 23.5 Å². The minimum atomic E-state index is -3.51. The van der Waals surface area contributed by atoms with Gasteiger partial charge in [0.2, 0.25) is 0 Å². The Hall–Kier alpha value is -3.04. The number of hydrogen-bond acceptors (Lipinski definition) is 6. The summed E-state index contributed by atoms with van der Waals surface area (Å²) in [6.45, 7) is 7.34.